The second-order valence-corrected chi connectivity index (χ2v) is 8.55. The molecule has 0 N–H and O–H groups in total. The zero-order valence-corrected chi connectivity index (χ0v) is 14.9. The highest BCUT2D eigenvalue weighted by Gasteiger charge is 2.38. The van der Waals surface area contributed by atoms with E-state index < -0.39 is 0 Å². The maximum Gasteiger partial charge on any atom is 0.137 e. The third kappa shape index (κ3) is 3.10. The summed E-state index contributed by atoms with van der Waals surface area (Å²) >= 11 is 7.48. The summed E-state index contributed by atoms with van der Waals surface area (Å²) in [5.41, 5.74) is 2.40. The summed E-state index contributed by atoms with van der Waals surface area (Å²) in [5, 5.41) is 0. The number of thioether (sulfide) groups is 2. The van der Waals surface area contributed by atoms with E-state index >= 15 is 0 Å². The van der Waals surface area contributed by atoms with E-state index in [1.54, 1.807) is 7.11 Å². The number of aromatic nitrogens is 1. The molecule has 0 amide bonds. The summed E-state index contributed by atoms with van der Waals surface area (Å²) in [6.07, 6.45) is 3.06. The van der Waals surface area contributed by atoms with Crippen LogP contribution in [0.5, 0.6) is 5.75 Å². The van der Waals surface area contributed by atoms with Gasteiger partial charge in [-0.2, -0.15) is 0 Å². The molecule has 110 valence electrons. The Hall–Kier alpha value is -0.650. The van der Waals surface area contributed by atoms with E-state index in [4.69, 9.17) is 4.74 Å². The molecule has 2 heterocycles. The van der Waals surface area contributed by atoms with Gasteiger partial charge in [0.2, 0.25) is 0 Å². The Morgan fingerprint density at radius 1 is 1.10 bits per heavy atom. The first-order chi connectivity index (χ1) is 10.2. The minimum Gasteiger partial charge on any atom is -0.495 e. The smallest absolute Gasteiger partial charge is 0.137 e. The summed E-state index contributed by atoms with van der Waals surface area (Å²) in [4.78, 5) is 4.67. The molecule has 1 aliphatic heterocycles. The van der Waals surface area contributed by atoms with Gasteiger partial charge in [0, 0.05) is 4.47 Å². The molecular formula is C16H16BrNOS2. The number of pyridine rings is 1. The average Bonchev–Trinajstić information content (AvgIpc) is 2.56. The molecule has 5 heteroatoms. The van der Waals surface area contributed by atoms with E-state index in [1.807, 2.05) is 35.8 Å². The molecule has 0 bridgehead atoms. The largest absolute Gasteiger partial charge is 0.495 e. The van der Waals surface area contributed by atoms with Crippen molar-refractivity contribution in [2.24, 2.45) is 0 Å². The molecule has 1 aromatic carbocycles. The molecule has 1 aliphatic rings. The van der Waals surface area contributed by atoms with Gasteiger partial charge in [-0.25, -0.2) is 0 Å². The molecule has 2 nitrogen and oxygen atoms in total. The number of hydrogen-bond donors (Lipinski definition) is 0. The molecule has 1 aromatic heterocycles. The fourth-order valence-electron chi connectivity index (χ4n) is 2.36. The minimum atomic E-state index is -0.106. The molecule has 0 saturated carbocycles. The van der Waals surface area contributed by atoms with Gasteiger partial charge in [-0.1, -0.05) is 28.1 Å². The Balaban J connectivity index is 2.05. The molecule has 0 atom stereocenters. The summed E-state index contributed by atoms with van der Waals surface area (Å²) in [6.45, 7) is 0. The quantitative estimate of drug-likeness (QED) is 0.751. The van der Waals surface area contributed by atoms with Gasteiger partial charge in [-0.05, 0) is 47.8 Å². The van der Waals surface area contributed by atoms with Gasteiger partial charge in [0.05, 0.1) is 19.0 Å². The molecule has 0 unspecified atom stereocenters. The predicted octanol–water partition coefficient (Wildman–Crippen LogP) is 4.92. The van der Waals surface area contributed by atoms with E-state index in [-0.39, 0.29) is 4.08 Å². The van der Waals surface area contributed by atoms with Crippen molar-refractivity contribution in [2.75, 3.05) is 18.6 Å². The number of ether oxygens (including phenoxy) is 1. The van der Waals surface area contributed by atoms with E-state index in [9.17, 15) is 0 Å². The zero-order valence-electron chi connectivity index (χ0n) is 11.7. The highest BCUT2D eigenvalue weighted by Crippen LogP contribution is 2.54. The van der Waals surface area contributed by atoms with Gasteiger partial charge in [-0.3, -0.25) is 4.98 Å². The van der Waals surface area contributed by atoms with Crippen molar-refractivity contribution in [3.63, 3.8) is 0 Å². The van der Waals surface area contributed by atoms with E-state index in [0.29, 0.717) is 0 Å². The van der Waals surface area contributed by atoms with Crippen LogP contribution in [-0.2, 0) is 4.08 Å². The van der Waals surface area contributed by atoms with Crippen molar-refractivity contribution in [1.29, 1.82) is 0 Å². The second kappa shape index (κ2) is 6.63. The third-order valence-corrected chi connectivity index (χ3v) is 7.36. The SMILES string of the molecule is COc1ccc(C2(c3ccc(Br)cc3)SCCCS2)nc1. The molecule has 3 rings (SSSR count). The van der Waals surface area contributed by atoms with Crippen LogP contribution in [0.1, 0.15) is 17.7 Å². The third-order valence-electron chi connectivity index (χ3n) is 3.43. The van der Waals surface area contributed by atoms with Crippen LogP contribution in [0.25, 0.3) is 0 Å². The molecule has 1 saturated heterocycles. The first-order valence-electron chi connectivity index (χ1n) is 6.79. The van der Waals surface area contributed by atoms with Crippen LogP contribution in [0.2, 0.25) is 0 Å². The van der Waals surface area contributed by atoms with Crippen molar-refractivity contribution < 1.29 is 4.74 Å². The molecule has 0 spiro atoms. The Bertz CT molecular complexity index is 595. The van der Waals surface area contributed by atoms with Crippen molar-refractivity contribution in [3.05, 3.63) is 58.3 Å². The lowest BCUT2D eigenvalue weighted by atomic mass is 10.1. The fraction of sp³-hybridized carbons (Fsp3) is 0.312. The summed E-state index contributed by atoms with van der Waals surface area (Å²) in [6, 6.07) is 12.7. The highest BCUT2D eigenvalue weighted by molar-refractivity contribution is 9.10. The summed E-state index contributed by atoms with van der Waals surface area (Å²) in [7, 11) is 1.67. The highest BCUT2D eigenvalue weighted by atomic mass is 79.9. The van der Waals surface area contributed by atoms with Gasteiger partial charge in [-0.15, -0.1) is 23.5 Å². The lowest BCUT2D eigenvalue weighted by Crippen LogP contribution is -2.25. The normalized spacial score (nSPS) is 17.4. The van der Waals surface area contributed by atoms with Gasteiger partial charge in [0.1, 0.15) is 9.83 Å². The molecule has 0 aliphatic carbocycles. The first-order valence-corrected chi connectivity index (χ1v) is 9.55. The molecule has 21 heavy (non-hydrogen) atoms. The lowest BCUT2D eigenvalue weighted by Gasteiger charge is -2.36. The van der Waals surface area contributed by atoms with Gasteiger partial charge < -0.3 is 4.74 Å². The summed E-state index contributed by atoms with van der Waals surface area (Å²) in [5.74, 6) is 3.13. The van der Waals surface area contributed by atoms with Crippen LogP contribution >= 0.6 is 39.5 Å². The number of rotatable bonds is 3. The monoisotopic (exact) mass is 381 g/mol. The average molecular weight is 382 g/mol. The number of hydrogen-bond acceptors (Lipinski definition) is 4. The van der Waals surface area contributed by atoms with E-state index in [1.165, 1.54) is 12.0 Å². The Kier molecular flexibility index (Phi) is 4.82. The van der Waals surface area contributed by atoms with Crippen LogP contribution in [-0.4, -0.2) is 23.6 Å². The molecule has 1 fully saturated rings. The standard InChI is InChI=1S/C16H16BrNOS2/c1-19-14-7-8-15(18-11-14)16(20-9-2-10-21-16)12-3-5-13(17)6-4-12/h3-8,11H,2,9-10H2,1H3. The van der Waals surface area contributed by atoms with Crippen LogP contribution in [0, 0.1) is 0 Å². The van der Waals surface area contributed by atoms with E-state index in [2.05, 4.69) is 51.2 Å². The van der Waals surface area contributed by atoms with Gasteiger partial charge >= 0.3 is 0 Å². The van der Waals surface area contributed by atoms with Crippen LogP contribution < -0.4 is 4.74 Å². The van der Waals surface area contributed by atoms with E-state index in [0.717, 1.165) is 27.4 Å². The van der Waals surface area contributed by atoms with Crippen LogP contribution in [0.15, 0.2) is 47.1 Å². The topological polar surface area (TPSA) is 22.1 Å². The van der Waals surface area contributed by atoms with Crippen molar-refractivity contribution in [1.82, 2.24) is 4.98 Å². The maximum absolute atomic E-state index is 5.23. The van der Waals surface area contributed by atoms with Crippen molar-refractivity contribution in [3.8, 4) is 5.75 Å². The van der Waals surface area contributed by atoms with Crippen LogP contribution in [0.4, 0.5) is 0 Å². The minimum absolute atomic E-state index is 0.106. The maximum atomic E-state index is 5.23. The Labute approximate surface area is 142 Å². The number of halogens is 1. The number of nitrogens with zero attached hydrogens (tertiary/aromatic N) is 1. The zero-order chi connectivity index (χ0) is 14.7. The lowest BCUT2D eigenvalue weighted by molar-refractivity contribution is 0.412. The Morgan fingerprint density at radius 3 is 2.38 bits per heavy atom. The van der Waals surface area contributed by atoms with Crippen molar-refractivity contribution >= 4 is 39.5 Å². The molecule has 2 aromatic rings. The Morgan fingerprint density at radius 2 is 1.81 bits per heavy atom. The van der Waals surface area contributed by atoms with Gasteiger partial charge in [0.15, 0.2) is 0 Å². The van der Waals surface area contributed by atoms with Crippen molar-refractivity contribution in [2.45, 2.75) is 10.5 Å². The van der Waals surface area contributed by atoms with Gasteiger partial charge in [0.25, 0.3) is 0 Å². The predicted molar refractivity (Wildman–Crippen MR) is 95.2 cm³/mol. The molecule has 0 radical (unpaired) electrons. The first kappa shape index (κ1) is 15.3. The summed E-state index contributed by atoms with van der Waals surface area (Å²) < 4.78 is 6.23. The van der Waals surface area contributed by atoms with Crippen LogP contribution in [0.3, 0.4) is 0 Å². The fourth-order valence-corrected chi connectivity index (χ4v) is 5.94. The number of benzene rings is 1. The second-order valence-electron chi connectivity index (χ2n) is 4.76. The number of methoxy groups -OCH3 is 1. The molecular weight excluding hydrogens is 366 g/mol.